The standard InChI is InChI=1S/C24H25Cl2N5O4/c1-5-29(23(33)18-11-10-17(31(34)35)12-19(18)26)14-22(32)27-21-13-20(24(2,3)4)28-30(21)16-8-6-15(25)7-9-16/h6-13H,5,14H2,1-4H3,(H,27,32). The molecule has 11 heteroatoms. The molecule has 0 saturated heterocycles. The van der Waals surface area contributed by atoms with Gasteiger partial charge in [-0.25, -0.2) is 4.68 Å². The van der Waals surface area contributed by atoms with Gasteiger partial charge in [0, 0.05) is 35.2 Å². The van der Waals surface area contributed by atoms with Crippen molar-refractivity contribution in [1.82, 2.24) is 14.7 Å². The van der Waals surface area contributed by atoms with Gasteiger partial charge in [0.05, 0.1) is 26.9 Å². The van der Waals surface area contributed by atoms with Crippen molar-refractivity contribution in [1.29, 1.82) is 0 Å². The van der Waals surface area contributed by atoms with E-state index in [0.717, 1.165) is 11.8 Å². The maximum absolute atomic E-state index is 13.0. The van der Waals surface area contributed by atoms with E-state index < -0.39 is 16.7 Å². The maximum Gasteiger partial charge on any atom is 0.270 e. The molecule has 0 atom stereocenters. The highest BCUT2D eigenvalue weighted by Gasteiger charge is 2.24. The minimum Gasteiger partial charge on any atom is -0.330 e. The first-order chi connectivity index (χ1) is 16.4. The van der Waals surface area contributed by atoms with Crippen molar-refractivity contribution in [3.05, 3.63) is 79.9 Å². The first-order valence-corrected chi connectivity index (χ1v) is 11.6. The Bertz CT molecular complexity index is 1270. The molecular weight excluding hydrogens is 493 g/mol. The highest BCUT2D eigenvalue weighted by atomic mass is 35.5. The second-order valence-electron chi connectivity index (χ2n) is 8.84. The summed E-state index contributed by atoms with van der Waals surface area (Å²) >= 11 is 12.1. The molecule has 1 N–H and O–H groups in total. The van der Waals surface area contributed by atoms with Crippen molar-refractivity contribution in [3.8, 4) is 5.69 Å². The summed E-state index contributed by atoms with van der Waals surface area (Å²) in [4.78, 5) is 37.6. The summed E-state index contributed by atoms with van der Waals surface area (Å²) in [6.07, 6.45) is 0. The third kappa shape index (κ3) is 6.17. The zero-order valence-corrected chi connectivity index (χ0v) is 21.2. The van der Waals surface area contributed by atoms with E-state index in [1.165, 1.54) is 17.0 Å². The lowest BCUT2D eigenvalue weighted by Gasteiger charge is -2.21. The molecule has 0 radical (unpaired) electrons. The van der Waals surface area contributed by atoms with Gasteiger partial charge >= 0.3 is 0 Å². The Balaban J connectivity index is 1.83. The van der Waals surface area contributed by atoms with Crippen LogP contribution in [-0.4, -0.2) is 44.5 Å². The predicted molar refractivity (Wildman–Crippen MR) is 136 cm³/mol. The normalized spacial score (nSPS) is 11.3. The van der Waals surface area contributed by atoms with Crippen LogP contribution in [0.4, 0.5) is 11.5 Å². The van der Waals surface area contributed by atoms with Crippen LogP contribution in [0.5, 0.6) is 0 Å². The molecule has 3 aromatic rings. The van der Waals surface area contributed by atoms with E-state index in [0.29, 0.717) is 16.5 Å². The molecule has 9 nitrogen and oxygen atoms in total. The van der Waals surface area contributed by atoms with Crippen molar-refractivity contribution >= 4 is 46.5 Å². The highest BCUT2D eigenvalue weighted by molar-refractivity contribution is 6.34. The van der Waals surface area contributed by atoms with Gasteiger partial charge in [-0.2, -0.15) is 5.10 Å². The second-order valence-corrected chi connectivity index (χ2v) is 9.69. The average Bonchev–Trinajstić information content (AvgIpc) is 3.21. The summed E-state index contributed by atoms with van der Waals surface area (Å²) in [6.45, 7) is 7.73. The van der Waals surface area contributed by atoms with E-state index in [2.05, 4.69) is 10.4 Å². The minimum atomic E-state index is -0.596. The summed E-state index contributed by atoms with van der Waals surface area (Å²) < 4.78 is 1.61. The number of nitrogens with zero attached hydrogens (tertiary/aromatic N) is 4. The topological polar surface area (TPSA) is 110 Å². The largest absolute Gasteiger partial charge is 0.330 e. The van der Waals surface area contributed by atoms with Crippen LogP contribution in [0.15, 0.2) is 48.5 Å². The molecule has 0 bridgehead atoms. The van der Waals surface area contributed by atoms with Crippen LogP contribution in [0.25, 0.3) is 5.69 Å². The molecule has 35 heavy (non-hydrogen) atoms. The molecule has 0 aliphatic heterocycles. The van der Waals surface area contributed by atoms with Crippen LogP contribution in [0, 0.1) is 10.1 Å². The molecule has 1 heterocycles. The predicted octanol–water partition coefficient (Wildman–Crippen LogP) is 5.49. The lowest BCUT2D eigenvalue weighted by Crippen LogP contribution is -2.38. The number of benzene rings is 2. The number of anilines is 1. The van der Waals surface area contributed by atoms with Crippen LogP contribution < -0.4 is 5.32 Å². The molecule has 0 saturated carbocycles. The van der Waals surface area contributed by atoms with E-state index in [4.69, 9.17) is 23.2 Å². The van der Waals surface area contributed by atoms with Gasteiger partial charge in [0.25, 0.3) is 11.6 Å². The number of halogens is 2. The fourth-order valence-electron chi connectivity index (χ4n) is 3.26. The van der Waals surface area contributed by atoms with Crippen LogP contribution in [0.2, 0.25) is 10.0 Å². The van der Waals surface area contributed by atoms with Crippen molar-refractivity contribution < 1.29 is 14.5 Å². The Morgan fingerprint density at radius 2 is 1.77 bits per heavy atom. The highest BCUT2D eigenvalue weighted by Crippen LogP contribution is 2.27. The van der Waals surface area contributed by atoms with Gasteiger partial charge in [-0.15, -0.1) is 0 Å². The number of hydrogen-bond acceptors (Lipinski definition) is 5. The molecule has 2 aromatic carbocycles. The third-order valence-corrected chi connectivity index (χ3v) is 5.78. The quantitative estimate of drug-likeness (QED) is 0.329. The first-order valence-electron chi connectivity index (χ1n) is 10.8. The lowest BCUT2D eigenvalue weighted by molar-refractivity contribution is -0.384. The number of nitrogens with one attached hydrogen (secondary N) is 1. The number of likely N-dealkylation sites (N-methyl/N-ethyl adjacent to an activating group) is 1. The number of carbonyl (C=O) groups excluding carboxylic acids is 2. The van der Waals surface area contributed by atoms with Gasteiger partial charge in [0.15, 0.2) is 0 Å². The van der Waals surface area contributed by atoms with Crippen LogP contribution >= 0.6 is 23.2 Å². The van der Waals surface area contributed by atoms with Gasteiger partial charge in [-0.05, 0) is 37.3 Å². The number of non-ortho nitro benzene ring substituents is 1. The molecule has 3 rings (SSSR count). The first kappa shape index (κ1) is 26.2. The smallest absolute Gasteiger partial charge is 0.270 e. The monoisotopic (exact) mass is 517 g/mol. The van der Waals surface area contributed by atoms with E-state index in [1.807, 2.05) is 20.8 Å². The fraction of sp³-hybridized carbons (Fsp3) is 0.292. The van der Waals surface area contributed by atoms with Gasteiger partial charge in [0.1, 0.15) is 12.4 Å². The van der Waals surface area contributed by atoms with E-state index in [9.17, 15) is 19.7 Å². The average molecular weight is 518 g/mol. The Hall–Kier alpha value is -3.43. The van der Waals surface area contributed by atoms with E-state index in [1.54, 1.807) is 41.9 Å². The van der Waals surface area contributed by atoms with Gasteiger partial charge in [-0.3, -0.25) is 19.7 Å². The molecule has 0 unspecified atom stereocenters. The molecule has 0 aliphatic rings. The minimum absolute atomic E-state index is 0.0568. The summed E-state index contributed by atoms with van der Waals surface area (Å²) in [7, 11) is 0. The number of hydrogen-bond donors (Lipinski definition) is 1. The second kappa shape index (κ2) is 10.5. The Kier molecular flexibility index (Phi) is 7.82. The third-order valence-electron chi connectivity index (χ3n) is 5.21. The zero-order valence-electron chi connectivity index (χ0n) is 19.7. The summed E-state index contributed by atoms with van der Waals surface area (Å²) in [5.41, 5.74) is 1.06. The van der Waals surface area contributed by atoms with Crippen LogP contribution in [-0.2, 0) is 10.2 Å². The Morgan fingerprint density at radius 1 is 1.11 bits per heavy atom. The van der Waals surface area contributed by atoms with Gasteiger partial charge in [-0.1, -0.05) is 44.0 Å². The summed E-state index contributed by atoms with van der Waals surface area (Å²) in [5, 5.41) is 19.0. The maximum atomic E-state index is 13.0. The SMILES string of the molecule is CCN(CC(=O)Nc1cc(C(C)(C)C)nn1-c1ccc(Cl)cc1)C(=O)c1ccc([N+](=O)[O-])cc1Cl. The van der Waals surface area contributed by atoms with Gasteiger partial charge in [0.2, 0.25) is 5.91 Å². The van der Waals surface area contributed by atoms with Crippen molar-refractivity contribution in [2.45, 2.75) is 33.1 Å². The summed E-state index contributed by atoms with van der Waals surface area (Å²) in [5.74, 6) is -0.503. The number of carbonyl (C=O) groups is 2. The number of amides is 2. The van der Waals surface area contributed by atoms with E-state index >= 15 is 0 Å². The zero-order chi connectivity index (χ0) is 25.9. The number of nitro groups is 1. The van der Waals surface area contributed by atoms with Crippen LogP contribution in [0.3, 0.4) is 0 Å². The van der Waals surface area contributed by atoms with Crippen molar-refractivity contribution in [3.63, 3.8) is 0 Å². The fourth-order valence-corrected chi connectivity index (χ4v) is 3.64. The van der Waals surface area contributed by atoms with E-state index in [-0.39, 0.29) is 34.8 Å². The molecule has 1 aromatic heterocycles. The Labute approximate surface area is 212 Å². The Morgan fingerprint density at radius 3 is 2.31 bits per heavy atom. The molecule has 2 amide bonds. The number of rotatable bonds is 7. The van der Waals surface area contributed by atoms with Crippen LogP contribution in [0.1, 0.15) is 43.7 Å². The molecule has 0 spiro atoms. The van der Waals surface area contributed by atoms with Crippen molar-refractivity contribution in [2.24, 2.45) is 0 Å². The number of aromatic nitrogens is 2. The molecular formula is C24H25Cl2N5O4. The molecule has 184 valence electrons. The van der Waals surface area contributed by atoms with Gasteiger partial charge < -0.3 is 10.2 Å². The summed E-state index contributed by atoms with van der Waals surface area (Å²) in [6, 6.07) is 12.4. The lowest BCUT2D eigenvalue weighted by atomic mass is 9.92. The molecule has 0 aliphatic carbocycles. The molecule has 0 fully saturated rings. The number of nitro benzene ring substituents is 1. The van der Waals surface area contributed by atoms with Crippen molar-refractivity contribution in [2.75, 3.05) is 18.4 Å².